The van der Waals surface area contributed by atoms with Crippen LogP contribution in [0.15, 0.2) is 30.6 Å². The monoisotopic (exact) mass is 321 g/mol. The van der Waals surface area contributed by atoms with E-state index in [1.54, 1.807) is 29.2 Å². The maximum Gasteiger partial charge on any atom is 0.256 e. The van der Waals surface area contributed by atoms with Crippen LogP contribution in [0.5, 0.6) is 0 Å². The molecule has 1 amide bonds. The number of H-pyrrole nitrogens is 1. The van der Waals surface area contributed by atoms with Gasteiger partial charge < -0.3 is 14.9 Å². The molecule has 2 aromatic rings. The van der Waals surface area contributed by atoms with Crippen LogP contribution in [0.1, 0.15) is 11.7 Å². The second-order valence-electron chi connectivity index (χ2n) is 5.08. The number of carbonyl (C=O) groups excluding carboxylic acids is 1. The van der Waals surface area contributed by atoms with Gasteiger partial charge in [-0.2, -0.15) is 10.1 Å². The molecule has 1 fully saturated rings. The summed E-state index contributed by atoms with van der Waals surface area (Å²) < 4.78 is 0. The lowest BCUT2D eigenvalue weighted by atomic mass is 10.1. The van der Waals surface area contributed by atoms with E-state index in [2.05, 4.69) is 15.2 Å². The number of amides is 1. The average molecular weight is 322 g/mol. The van der Waals surface area contributed by atoms with Gasteiger partial charge in [-0.15, -0.1) is 0 Å². The molecule has 2 heterocycles. The maximum atomic E-state index is 12.4. The van der Waals surface area contributed by atoms with Gasteiger partial charge in [0, 0.05) is 31.2 Å². The molecule has 0 radical (unpaired) electrons. The van der Waals surface area contributed by atoms with Crippen LogP contribution in [0.25, 0.3) is 0 Å². The quantitative estimate of drug-likeness (QED) is 0.875. The molecule has 0 bridgehead atoms. The normalized spacial score (nSPS) is 16.6. The highest BCUT2D eigenvalue weighted by Crippen LogP contribution is 2.20. The number of nitrogens with one attached hydrogen (secondary N) is 1. The standard InChI is InChI=1S/C14H16ClN5O2/c15-11-3-1-2-10(8-11)12(21)13(22)19-4-6-20(7-5-19)14-16-9-17-18-14/h1-3,8-9,12,21H,4-7H2,(H,16,17,18)/t12-/m0/s1. The Morgan fingerprint density at radius 1 is 1.32 bits per heavy atom. The van der Waals surface area contributed by atoms with Gasteiger partial charge in [0.2, 0.25) is 5.95 Å². The van der Waals surface area contributed by atoms with Gasteiger partial charge in [-0.05, 0) is 17.7 Å². The molecular weight excluding hydrogens is 306 g/mol. The van der Waals surface area contributed by atoms with Crippen molar-refractivity contribution in [3.05, 3.63) is 41.2 Å². The molecule has 1 aliphatic rings. The lowest BCUT2D eigenvalue weighted by Crippen LogP contribution is -2.50. The molecule has 1 aromatic carbocycles. The molecule has 116 valence electrons. The summed E-state index contributed by atoms with van der Waals surface area (Å²) in [5.74, 6) is 0.391. The van der Waals surface area contributed by atoms with Crippen LogP contribution < -0.4 is 4.90 Å². The van der Waals surface area contributed by atoms with E-state index in [9.17, 15) is 9.90 Å². The van der Waals surface area contributed by atoms with Crippen molar-refractivity contribution in [2.24, 2.45) is 0 Å². The van der Waals surface area contributed by atoms with Crippen molar-refractivity contribution in [3.8, 4) is 0 Å². The summed E-state index contributed by atoms with van der Waals surface area (Å²) in [5.41, 5.74) is 0.509. The van der Waals surface area contributed by atoms with Crippen LogP contribution in [0, 0.1) is 0 Å². The van der Waals surface area contributed by atoms with Crippen molar-refractivity contribution in [2.75, 3.05) is 31.1 Å². The minimum Gasteiger partial charge on any atom is -0.378 e. The first-order valence-electron chi connectivity index (χ1n) is 6.98. The zero-order chi connectivity index (χ0) is 15.5. The Kier molecular flexibility index (Phi) is 4.26. The Morgan fingerprint density at radius 3 is 2.73 bits per heavy atom. The third-order valence-corrected chi connectivity index (χ3v) is 3.93. The lowest BCUT2D eigenvalue weighted by molar-refractivity contribution is -0.140. The summed E-state index contributed by atoms with van der Waals surface area (Å²) >= 11 is 5.90. The highest BCUT2D eigenvalue weighted by molar-refractivity contribution is 6.30. The number of rotatable bonds is 3. The SMILES string of the molecule is O=C([C@@H](O)c1cccc(Cl)c1)N1CCN(c2ncn[nH]2)CC1. The van der Waals surface area contributed by atoms with Gasteiger partial charge in [0.05, 0.1) is 0 Å². The van der Waals surface area contributed by atoms with E-state index in [1.807, 2.05) is 4.90 Å². The van der Waals surface area contributed by atoms with Gasteiger partial charge in [-0.3, -0.25) is 4.79 Å². The van der Waals surface area contributed by atoms with Gasteiger partial charge in [0.1, 0.15) is 6.33 Å². The number of carbonyl (C=O) groups is 1. The number of aromatic amines is 1. The van der Waals surface area contributed by atoms with E-state index in [0.29, 0.717) is 42.7 Å². The maximum absolute atomic E-state index is 12.4. The van der Waals surface area contributed by atoms with Crippen LogP contribution >= 0.6 is 11.6 Å². The molecule has 8 heteroatoms. The molecule has 22 heavy (non-hydrogen) atoms. The summed E-state index contributed by atoms with van der Waals surface area (Å²) in [6.45, 7) is 2.33. The first-order chi connectivity index (χ1) is 10.6. The number of hydrogen-bond donors (Lipinski definition) is 2. The Morgan fingerprint density at radius 2 is 2.09 bits per heavy atom. The van der Waals surface area contributed by atoms with Crippen molar-refractivity contribution in [2.45, 2.75) is 6.10 Å². The number of aliphatic hydroxyl groups is 1. The summed E-state index contributed by atoms with van der Waals surface area (Å²) in [4.78, 5) is 20.1. The van der Waals surface area contributed by atoms with Crippen molar-refractivity contribution in [1.82, 2.24) is 20.1 Å². The van der Waals surface area contributed by atoms with Gasteiger partial charge in [0.25, 0.3) is 5.91 Å². The molecule has 1 atom stereocenters. The van der Waals surface area contributed by atoms with Gasteiger partial charge in [-0.25, -0.2) is 5.10 Å². The zero-order valence-electron chi connectivity index (χ0n) is 11.8. The van der Waals surface area contributed by atoms with Gasteiger partial charge >= 0.3 is 0 Å². The van der Waals surface area contributed by atoms with Crippen LogP contribution in [0.3, 0.4) is 0 Å². The number of halogens is 1. The first kappa shape index (κ1) is 14.8. The van der Waals surface area contributed by atoms with E-state index in [-0.39, 0.29) is 5.91 Å². The predicted octanol–water partition coefficient (Wildman–Crippen LogP) is 0.840. The fraction of sp³-hybridized carbons (Fsp3) is 0.357. The second kappa shape index (κ2) is 6.33. The van der Waals surface area contributed by atoms with Crippen LogP contribution in [-0.4, -0.2) is 57.3 Å². The molecule has 0 spiro atoms. The molecule has 2 N–H and O–H groups in total. The fourth-order valence-corrected chi connectivity index (χ4v) is 2.68. The van der Waals surface area contributed by atoms with Crippen molar-refractivity contribution >= 4 is 23.5 Å². The molecule has 1 saturated heterocycles. The van der Waals surface area contributed by atoms with Crippen molar-refractivity contribution in [1.29, 1.82) is 0 Å². The largest absolute Gasteiger partial charge is 0.378 e. The van der Waals surface area contributed by atoms with Gasteiger partial charge in [0.15, 0.2) is 6.10 Å². The van der Waals surface area contributed by atoms with Crippen molar-refractivity contribution < 1.29 is 9.90 Å². The Balaban J connectivity index is 1.62. The number of aromatic nitrogens is 3. The molecule has 0 saturated carbocycles. The molecular formula is C14H16ClN5O2. The Bertz CT molecular complexity index is 640. The number of piperazine rings is 1. The van der Waals surface area contributed by atoms with E-state index in [4.69, 9.17) is 11.6 Å². The fourth-order valence-electron chi connectivity index (χ4n) is 2.48. The van der Waals surface area contributed by atoms with E-state index < -0.39 is 6.10 Å². The first-order valence-corrected chi connectivity index (χ1v) is 7.35. The Hall–Kier alpha value is -2.12. The summed E-state index contributed by atoms with van der Waals surface area (Å²) in [6, 6.07) is 6.72. The molecule has 1 aliphatic heterocycles. The summed E-state index contributed by atoms with van der Waals surface area (Å²) in [7, 11) is 0. The predicted molar refractivity (Wildman–Crippen MR) is 81.6 cm³/mol. The minimum absolute atomic E-state index is 0.306. The average Bonchev–Trinajstić information content (AvgIpc) is 3.08. The summed E-state index contributed by atoms with van der Waals surface area (Å²) in [6.07, 6.45) is 0.269. The number of nitrogens with zero attached hydrogens (tertiary/aromatic N) is 4. The van der Waals surface area contributed by atoms with Crippen LogP contribution in [0.2, 0.25) is 5.02 Å². The third-order valence-electron chi connectivity index (χ3n) is 3.69. The summed E-state index contributed by atoms with van der Waals surface area (Å²) in [5, 5.41) is 17.3. The highest BCUT2D eigenvalue weighted by atomic mass is 35.5. The van der Waals surface area contributed by atoms with E-state index >= 15 is 0 Å². The van der Waals surface area contributed by atoms with Gasteiger partial charge in [-0.1, -0.05) is 23.7 Å². The third kappa shape index (κ3) is 3.05. The topological polar surface area (TPSA) is 85.3 Å². The smallest absolute Gasteiger partial charge is 0.256 e. The van der Waals surface area contributed by atoms with E-state index in [0.717, 1.165) is 0 Å². The highest BCUT2D eigenvalue weighted by Gasteiger charge is 2.27. The Labute approximate surface area is 132 Å². The molecule has 1 aromatic heterocycles. The minimum atomic E-state index is -1.18. The zero-order valence-corrected chi connectivity index (χ0v) is 12.6. The lowest BCUT2D eigenvalue weighted by Gasteiger charge is -2.35. The van der Waals surface area contributed by atoms with Crippen molar-refractivity contribution in [3.63, 3.8) is 0 Å². The molecule has 0 unspecified atom stereocenters. The van der Waals surface area contributed by atoms with Crippen LogP contribution in [-0.2, 0) is 4.79 Å². The number of hydrogen-bond acceptors (Lipinski definition) is 5. The van der Waals surface area contributed by atoms with E-state index in [1.165, 1.54) is 6.33 Å². The number of anilines is 1. The number of aliphatic hydroxyl groups excluding tert-OH is 1. The molecule has 0 aliphatic carbocycles. The molecule has 7 nitrogen and oxygen atoms in total. The second-order valence-corrected chi connectivity index (χ2v) is 5.52. The molecule has 3 rings (SSSR count). The number of benzene rings is 1. The van der Waals surface area contributed by atoms with Crippen LogP contribution in [0.4, 0.5) is 5.95 Å².